The van der Waals surface area contributed by atoms with Gasteiger partial charge in [-0.2, -0.15) is 0 Å². The van der Waals surface area contributed by atoms with Gasteiger partial charge in [-0.25, -0.2) is 4.79 Å². The summed E-state index contributed by atoms with van der Waals surface area (Å²) in [5.41, 5.74) is 2.86. The van der Waals surface area contributed by atoms with E-state index in [-0.39, 0.29) is 36.3 Å². The van der Waals surface area contributed by atoms with Gasteiger partial charge in [0.25, 0.3) is 0 Å². The van der Waals surface area contributed by atoms with Gasteiger partial charge in [0.15, 0.2) is 17.6 Å². The third-order valence-electron chi connectivity index (χ3n) is 7.69. The number of amides is 1. The first-order valence-corrected chi connectivity index (χ1v) is 14.4. The number of carboxylic acids is 1. The summed E-state index contributed by atoms with van der Waals surface area (Å²) < 4.78 is 22.1. The summed E-state index contributed by atoms with van der Waals surface area (Å²) in [7, 11) is 1.40. The molecule has 0 saturated carbocycles. The standard InChI is InChI=1S/C30H41N3O11/c1-17-6-4-7-18(2)23(17)31-22(35)15-33-12-10-32(11-13-33)14-19(34)16-42-27-20(41-3)8-5-9-21(27)43-30-26(38)24(36)25(37)28(44-30)29(39)40/h4-9,19,24-26,28,30,34,36-38H,10-16H2,1-3H3,(H,31,35)(H,39,40)/t19?,24-,25-,26+,28-,30?/m0/s1. The molecule has 2 aromatic rings. The lowest BCUT2D eigenvalue weighted by molar-refractivity contribution is -0.271. The van der Waals surface area contributed by atoms with Gasteiger partial charge in [0.1, 0.15) is 31.0 Å². The Balaban J connectivity index is 1.28. The zero-order valence-electron chi connectivity index (χ0n) is 25.0. The maximum Gasteiger partial charge on any atom is 0.335 e. The first kappa shape index (κ1) is 33.4. The molecular weight excluding hydrogens is 578 g/mol. The molecule has 2 aromatic carbocycles. The van der Waals surface area contributed by atoms with E-state index in [2.05, 4.69) is 15.1 Å². The molecule has 2 unspecified atom stereocenters. The fourth-order valence-corrected chi connectivity index (χ4v) is 5.22. The highest BCUT2D eigenvalue weighted by Crippen LogP contribution is 2.39. The van der Waals surface area contributed by atoms with Crippen molar-refractivity contribution in [3.8, 4) is 17.2 Å². The zero-order chi connectivity index (χ0) is 32.0. The van der Waals surface area contributed by atoms with Crippen molar-refractivity contribution in [2.24, 2.45) is 0 Å². The molecule has 2 aliphatic heterocycles. The van der Waals surface area contributed by atoms with Gasteiger partial charge in [0.05, 0.1) is 13.7 Å². The Labute approximate surface area is 255 Å². The van der Waals surface area contributed by atoms with E-state index in [1.807, 2.05) is 32.0 Å². The predicted molar refractivity (Wildman–Crippen MR) is 157 cm³/mol. The highest BCUT2D eigenvalue weighted by atomic mass is 16.7. The molecule has 0 spiro atoms. The van der Waals surface area contributed by atoms with Crippen molar-refractivity contribution in [1.29, 1.82) is 0 Å². The van der Waals surface area contributed by atoms with E-state index in [0.29, 0.717) is 32.7 Å². The topological polar surface area (TPSA) is 191 Å². The van der Waals surface area contributed by atoms with Gasteiger partial charge in [0.2, 0.25) is 17.9 Å². The predicted octanol–water partition coefficient (Wildman–Crippen LogP) is -0.421. The first-order chi connectivity index (χ1) is 21.0. The van der Waals surface area contributed by atoms with Crippen LogP contribution in [0.4, 0.5) is 5.69 Å². The maximum absolute atomic E-state index is 12.6. The van der Waals surface area contributed by atoms with Crippen LogP contribution in [0.3, 0.4) is 0 Å². The molecule has 6 atom stereocenters. The van der Waals surface area contributed by atoms with Gasteiger partial charge in [-0.05, 0) is 37.1 Å². The SMILES string of the molecule is COc1cccc(OC2O[C@H](C(=O)O)[C@@H](O)[C@H](O)[C@H]2O)c1OCC(O)CN1CCN(CC(=O)Nc2c(C)cccc2C)CC1. The minimum absolute atomic E-state index is 0.00103. The number of hydrogen-bond donors (Lipinski definition) is 6. The van der Waals surface area contributed by atoms with Crippen molar-refractivity contribution in [2.75, 3.05) is 58.3 Å². The Morgan fingerprint density at radius 3 is 2.20 bits per heavy atom. The molecule has 2 fully saturated rings. The fourth-order valence-electron chi connectivity index (χ4n) is 5.22. The van der Waals surface area contributed by atoms with Gasteiger partial charge in [-0.15, -0.1) is 0 Å². The Morgan fingerprint density at radius 1 is 0.955 bits per heavy atom. The van der Waals surface area contributed by atoms with Crippen molar-refractivity contribution < 1.29 is 54.1 Å². The molecule has 14 heteroatoms. The molecule has 1 amide bonds. The van der Waals surface area contributed by atoms with Crippen LogP contribution in [0.5, 0.6) is 17.2 Å². The first-order valence-electron chi connectivity index (χ1n) is 14.4. The number of carboxylic acid groups (broad SMARTS) is 1. The molecule has 0 aromatic heterocycles. The molecule has 0 bridgehead atoms. The number of methoxy groups -OCH3 is 1. The van der Waals surface area contributed by atoms with E-state index in [4.69, 9.17) is 18.9 Å². The van der Waals surface area contributed by atoms with Crippen LogP contribution >= 0.6 is 0 Å². The number of carbonyl (C=O) groups excluding carboxylic acids is 1. The number of hydrogen-bond acceptors (Lipinski definition) is 12. The molecule has 14 nitrogen and oxygen atoms in total. The number of benzene rings is 2. The average Bonchev–Trinajstić information content (AvgIpc) is 2.99. The van der Waals surface area contributed by atoms with Gasteiger partial charge >= 0.3 is 5.97 Å². The molecular formula is C30H41N3O11. The second-order valence-electron chi connectivity index (χ2n) is 11.0. The quantitative estimate of drug-likeness (QED) is 0.180. The third-order valence-corrected chi connectivity index (χ3v) is 7.69. The molecule has 0 aliphatic carbocycles. The van der Waals surface area contributed by atoms with Crippen LogP contribution in [0.1, 0.15) is 11.1 Å². The number of carbonyl (C=O) groups is 2. The van der Waals surface area contributed by atoms with E-state index in [9.17, 15) is 35.1 Å². The lowest BCUT2D eigenvalue weighted by Crippen LogP contribution is -2.61. The van der Waals surface area contributed by atoms with E-state index >= 15 is 0 Å². The van der Waals surface area contributed by atoms with Gasteiger partial charge in [0, 0.05) is 38.4 Å². The normalized spacial score (nSPS) is 25.2. The molecule has 2 aliphatic rings. The van der Waals surface area contributed by atoms with Gasteiger partial charge in [-0.1, -0.05) is 24.3 Å². The number of β-amino-alcohol motifs (C(OH)–C–C–N with tert-alkyl or cyclic N) is 1. The van der Waals surface area contributed by atoms with E-state index < -0.39 is 42.8 Å². The number of aryl methyl sites for hydroxylation is 2. The highest BCUT2D eigenvalue weighted by Gasteiger charge is 2.48. The molecule has 44 heavy (non-hydrogen) atoms. The minimum Gasteiger partial charge on any atom is -0.493 e. The number of anilines is 1. The Kier molecular flexibility index (Phi) is 11.4. The Hall–Kier alpha value is -3.50. The Bertz CT molecular complexity index is 1270. The molecule has 0 radical (unpaired) electrons. The van der Waals surface area contributed by atoms with Gasteiger partial charge in [-0.3, -0.25) is 14.6 Å². The molecule has 2 heterocycles. The van der Waals surface area contributed by atoms with Crippen LogP contribution < -0.4 is 19.5 Å². The number of aliphatic hydroxyl groups excluding tert-OH is 4. The number of aliphatic hydroxyl groups is 4. The van der Waals surface area contributed by atoms with Crippen LogP contribution in [0.2, 0.25) is 0 Å². The number of aliphatic carboxylic acids is 1. The van der Waals surface area contributed by atoms with E-state index in [1.54, 1.807) is 12.1 Å². The highest BCUT2D eigenvalue weighted by molar-refractivity contribution is 5.93. The van der Waals surface area contributed by atoms with Crippen LogP contribution in [0.15, 0.2) is 36.4 Å². The second kappa shape index (κ2) is 15.0. The molecule has 242 valence electrons. The lowest BCUT2D eigenvalue weighted by Gasteiger charge is -2.38. The molecule has 6 N–H and O–H groups in total. The maximum atomic E-state index is 12.6. The second-order valence-corrected chi connectivity index (χ2v) is 11.0. The van der Waals surface area contributed by atoms with Crippen molar-refractivity contribution in [1.82, 2.24) is 9.80 Å². The van der Waals surface area contributed by atoms with Crippen molar-refractivity contribution in [3.05, 3.63) is 47.5 Å². The van der Waals surface area contributed by atoms with Crippen molar-refractivity contribution in [2.45, 2.75) is 50.7 Å². The fraction of sp³-hybridized carbons (Fsp3) is 0.533. The van der Waals surface area contributed by atoms with Crippen molar-refractivity contribution in [3.63, 3.8) is 0 Å². The van der Waals surface area contributed by atoms with Crippen molar-refractivity contribution >= 4 is 17.6 Å². The number of piperazine rings is 1. The molecule has 2 saturated heterocycles. The minimum atomic E-state index is -1.86. The number of rotatable bonds is 12. The smallest absolute Gasteiger partial charge is 0.335 e. The van der Waals surface area contributed by atoms with Crippen LogP contribution in [0, 0.1) is 13.8 Å². The monoisotopic (exact) mass is 619 g/mol. The van der Waals surface area contributed by atoms with Crippen LogP contribution in [-0.4, -0.2) is 137 Å². The summed E-state index contributed by atoms with van der Waals surface area (Å²) >= 11 is 0. The number of ether oxygens (including phenoxy) is 4. The molecule has 4 rings (SSSR count). The van der Waals surface area contributed by atoms with Crippen LogP contribution in [-0.2, 0) is 14.3 Å². The summed E-state index contributed by atoms with van der Waals surface area (Å²) in [5, 5.41) is 53.5. The van der Waals surface area contributed by atoms with E-state index in [0.717, 1.165) is 16.8 Å². The lowest BCUT2D eigenvalue weighted by atomic mass is 9.99. The average molecular weight is 620 g/mol. The summed E-state index contributed by atoms with van der Waals surface area (Å²) in [5.74, 6) is -1.31. The Morgan fingerprint density at radius 2 is 1.57 bits per heavy atom. The van der Waals surface area contributed by atoms with Gasteiger partial charge < -0.3 is 49.8 Å². The number of nitrogens with zero attached hydrogens (tertiary/aromatic N) is 2. The van der Waals surface area contributed by atoms with E-state index in [1.165, 1.54) is 13.2 Å². The summed E-state index contributed by atoms with van der Waals surface area (Å²) in [6, 6.07) is 10.5. The zero-order valence-corrected chi connectivity index (χ0v) is 25.0. The van der Waals surface area contributed by atoms with Crippen LogP contribution in [0.25, 0.3) is 0 Å². The summed E-state index contributed by atoms with van der Waals surface area (Å²) in [6.07, 6.45) is -9.84. The third kappa shape index (κ3) is 8.15. The largest absolute Gasteiger partial charge is 0.493 e. The summed E-state index contributed by atoms with van der Waals surface area (Å²) in [4.78, 5) is 28.2. The summed E-state index contributed by atoms with van der Waals surface area (Å²) in [6.45, 7) is 6.94. The number of nitrogens with one attached hydrogen (secondary N) is 1. The number of para-hydroxylation sites is 2.